The number of anilines is 1. The molecule has 0 aliphatic rings. The maximum Gasteiger partial charge on any atom is 0.325 e. The van der Waals surface area contributed by atoms with E-state index in [2.05, 4.69) is 21.9 Å². The summed E-state index contributed by atoms with van der Waals surface area (Å²) in [5.74, 6) is -0.932. The molecule has 0 unspecified atom stereocenters. The summed E-state index contributed by atoms with van der Waals surface area (Å²) in [5, 5.41) is 5.26. The highest BCUT2D eigenvalue weighted by molar-refractivity contribution is 5.97. The lowest BCUT2D eigenvalue weighted by Crippen LogP contribution is -2.34. The zero-order valence-corrected chi connectivity index (χ0v) is 15.7. The summed E-state index contributed by atoms with van der Waals surface area (Å²) >= 11 is 0. The van der Waals surface area contributed by atoms with Crippen LogP contribution in [0.5, 0.6) is 0 Å². The van der Waals surface area contributed by atoms with Crippen molar-refractivity contribution < 1.29 is 19.1 Å². The van der Waals surface area contributed by atoms with Gasteiger partial charge in [-0.2, -0.15) is 0 Å². The van der Waals surface area contributed by atoms with Crippen LogP contribution in [0.25, 0.3) is 0 Å². The Kier molecular flexibility index (Phi) is 7.77. The van der Waals surface area contributed by atoms with Gasteiger partial charge >= 0.3 is 12.0 Å². The number of amides is 3. The molecule has 2 aromatic rings. The maximum atomic E-state index is 12.6. The smallest absolute Gasteiger partial charge is 0.325 e. The lowest BCUT2D eigenvalue weighted by Gasteiger charge is -2.22. The molecule has 0 radical (unpaired) electrons. The average molecular weight is 381 g/mol. The number of benzene rings is 2. The number of methoxy groups -OCH3 is 1. The number of carbonyl (C=O) groups is 3. The summed E-state index contributed by atoms with van der Waals surface area (Å²) in [4.78, 5) is 37.2. The molecule has 2 N–H and O–H groups in total. The maximum absolute atomic E-state index is 12.6. The molecular formula is C21H23N3O4. The van der Waals surface area contributed by atoms with E-state index in [4.69, 9.17) is 0 Å². The number of nitrogens with one attached hydrogen (secondary N) is 2. The number of rotatable bonds is 8. The van der Waals surface area contributed by atoms with Crippen LogP contribution in [-0.4, -0.2) is 43.0 Å². The lowest BCUT2D eigenvalue weighted by atomic mass is 10.2. The van der Waals surface area contributed by atoms with Gasteiger partial charge in [-0.25, -0.2) is 4.79 Å². The molecule has 0 saturated heterocycles. The Morgan fingerprint density at radius 2 is 1.75 bits per heavy atom. The molecule has 0 atom stereocenters. The van der Waals surface area contributed by atoms with Crippen molar-refractivity contribution >= 4 is 23.6 Å². The fourth-order valence-electron chi connectivity index (χ4n) is 2.41. The fourth-order valence-corrected chi connectivity index (χ4v) is 2.41. The zero-order chi connectivity index (χ0) is 20.4. The Hall–Kier alpha value is -3.61. The molecule has 146 valence electrons. The third-order valence-corrected chi connectivity index (χ3v) is 3.87. The monoisotopic (exact) mass is 381 g/mol. The molecule has 0 fully saturated rings. The van der Waals surface area contributed by atoms with Crippen LogP contribution in [0.2, 0.25) is 0 Å². The van der Waals surface area contributed by atoms with Gasteiger partial charge in [0.1, 0.15) is 6.54 Å². The first-order valence-corrected chi connectivity index (χ1v) is 8.69. The summed E-state index contributed by atoms with van der Waals surface area (Å²) < 4.78 is 4.47. The van der Waals surface area contributed by atoms with Crippen LogP contribution >= 0.6 is 0 Å². The Labute approximate surface area is 164 Å². The van der Waals surface area contributed by atoms with Crippen LogP contribution in [0, 0.1) is 0 Å². The molecule has 0 aromatic heterocycles. The van der Waals surface area contributed by atoms with E-state index >= 15 is 0 Å². The SMILES string of the molecule is C=CCN(Cc1ccccc1)C(=O)Nc1ccc(C(=O)NCC(=O)OC)cc1. The highest BCUT2D eigenvalue weighted by Crippen LogP contribution is 2.12. The predicted molar refractivity (Wildman–Crippen MR) is 107 cm³/mol. The molecular weight excluding hydrogens is 358 g/mol. The van der Waals surface area contributed by atoms with Crippen molar-refractivity contribution in [1.82, 2.24) is 10.2 Å². The third-order valence-electron chi connectivity index (χ3n) is 3.87. The number of carbonyl (C=O) groups excluding carboxylic acids is 3. The highest BCUT2D eigenvalue weighted by atomic mass is 16.5. The number of urea groups is 1. The topological polar surface area (TPSA) is 87.7 Å². The molecule has 7 nitrogen and oxygen atoms in total. The minimum Gasteiger partial charge on any atom is -0.468 e. The van der Waals surface area contributed by atoms with Gasteiger partial charge in [0.25, 0.3) is 5.91 Å². The van der Waals surface area contributed by atoms with Gasteiger partial charge in [0, 0.05) is 24.3 Å². The molecule has 3 amide bonds. The van der Waals surface area contributed by atoms with Crippen molar-refractivity contribution in [3.05, 3.63) is 78.4 Å². The van der Waals surface area contributed by atoms with E-state index in [9.17, 15) is 14.4 Å². The van der Waals surface area contributed by atoms with Crippen LogP contribution < -0.4 is 10.6 Å². The van der Waals surface area contributed by atoms with Crippen LogP contribution in [-0.2, 0) is 16.1 Å². The first-order chi connectivity index (χ1) is 13.5. The van der Waals surface area contributed by atoms with Crippen molar-refractivity contribution in [1.29, 1.82) is 0 Å². The predicted octanol–water partition coefficient (Wildman–Crippen LogP) is 2.81. The zero-order valence-electron chi connectivity index (χ0n) is 15.7. The van der Waals surface area contributed by atoms with Crippen molar-refractivity contribution in [3.8, 4) is 0 Å². The van der Waals surface area contributed by atoms with E-state index in [0.717, 1.165) is 5.56 Å². The summed E-state index contributed by atoms with van der Waals surface area (Å²) in [6.45, 7) is 4.34. The van der Waals surface area contributed by atoms with Crippen LogP contribution in [0.1, 0.15) is 15.9 Å². The molecule has 0 bridgehead atoms. The van der Waals surface area contributed by atoms with Crippen LogP contribution in [0.4, 0.5) is 10.5 Å². The van der Waals surface area contributed by atoms with Gasteiger partial charge in [-0.1, -0.05) is 36.4 Å². The van der Waals surface area contributed by atoms with E-state index in [1.165, 1.54) is 7.11 Å². The number of esters is 1. The van der Waals surface area contributed by atoms with E-state index in [1.807, 2.05) is 30.3 Å². The Morgan fingerprint density at radius 1 is 1.07 bits per heavy atom. The average Bonchev–Trinajstić information content (AvgIpc) is 2.72. The Bertz CT molecular complexity index is 819. The van der Waals surface area contributed by atoms with Gasteiger partial charge in [0.15, 0.2) is 0 Å². The number of nitrogens with zero attached hydrogens (tertiary/aromatic N) is 1. The van der Waals surface area contributed by atoms with Crippen molar-refractivity contribution in [2.45, 2.75) is 6.54 Å². The number of ether oxygens (including phenoxy) is 1. The molecule has 0 spiro atoms. The van der Waals surface area contributed by atoms with Crippen LogP contribution in [0.15, 0.2) is 67.3 Å². The van der Waals surface area contributed by atoms with Gasteiger partial charge in [0.05, 0.1) is 7.11 Å². The summed E-state index contributed by atoms with van der Waals surface area (Å²) in [5.41, 5.74) is 1.93. The van der Waals surface area contributed by atoms with E-state index in [0.29, 0.717) is 24.3 Å². The summed E-state index contributed by atoms with van der Waals surface area (Å²) in [6, 6.07) is 15.8. The molecule has 2 rings (SSSR count). The molecule has 7 heteroatoms. The minimum atomic E-state index is -0.530. The third kappa shape index (κ3) is 6.28. The van der Waals surface area contributed by atoms with E-state index in [-0.39, 0.29) is 12.6 Å². The summed E-state index contributed by atoms with van der Waals surface area (Å²) in [6.07, 6.45) is 1.66. The molecule has 0 heterocycles. The van der Waals surface area contributed by atoms with Crippen molar-refractivity contribution in [2.24, 2.45) is 0 Å². The normalized spacial score (nSPS) is 9.89. The van der Waals surface area contributed by atoms with E-state index in [1.54, 1.807) is 35.2 Å². The first kappa shape index (κ1) is 20.7. The van der Waals surface area contributed by atoms with Crippen LogP contribution in [0.3, 0.4) is 0 Å². The standard InChI is InChI=1S/C21H23N3O4/c1-3-13-24(15-16-7-5-4-6-8-16)21(27)23-18-11-9-17(10-12-18)20(26)22-14-19(25)28-2/h3-12H,1,13-15H2,2H3,(H,22,26)(H,23,27). The molecule has 2 aromatic carbocycles. The first-order valence-electron chi connectivity index (χ1n) is 8.69. The second kappa shape index (κ2) is 10.5. The minimum absolute atomic E-state index is 0.205. The molecule has 0 aliphatic carbocycles. The quantitative estimate of drug-likeness (QED) is 0.544. The Morgan fingerprint density at radius 3 is 2.36 bits per heavy atom. The second-order valence-corrected chi connectivity index (χ2v) is 5.92. The van der Waals surface area contributed by atoms with Crippen molar-refractivity contribution in [3.63, 3.8) is 0 Å². The highest BCUT2D eigenvalue weighted by Gasteiger charge is 2.13. The molecule has 28 heavy (non-hydrogen) atoms. The second-order valence-electron chi connectivity index (χ2n) is 5.92. The van der Waals surface area contributed by atoms with Gasteiger partial charge in [-0.3, -0.25) is 9.59 Å². The van der Waals surface area contributed by atoms with Gasteiger partial charge in [0.2, 0.25) is 0 Å². The van der Waals surface area contributed by atoms with Crippen molar-refractivity contribution in [2.75, 3.05) is 25.5 Å². The molecule has 0 aliphatic heterocycles. The Balaban J connectivity index is 1.97. The fraction of sp³-hybridized carbons (Fsp3) is 0.190. The van der Waals surface area contributed by atoms with E-state index < -0.39 is 11.9 Å². The summed E-state index contributed by atoms with van der Waals surface area (Å²) in [7, 11) is 1.25. The van der Waals surface area contributed by atoms with Gasteiger partial charge < -0.3 is 20.3 Å². The van der Waals surface area contributed by atoms with Gasteiger partial charge in [-0.05, 0) is 29.8 Å². The molecule has 0 saturated carbocycles. The van der Waals surface area contributed by atoms with Gasteiger partial charge in [-0.15, -0.1) is 6.58 Å². The number of hydrogen-bond donors (Lipinski definition) is 2. The lowest BCUT2D eigenvalue weighted by molar-refractivity contribution is -0.139. The largest absolute Gasteiger partial charge is 0.468 e. The number of hydrogen-bond acceptors (Lipinski definition) is 4.